The lowest BCUT2D eigenvalue weighted by molar-refractivity contribution is 0.153. The van der Waals surface area contributed by atoms with E-state index in [9.17, 15) is 5.11 Å². The maximum atomic E-state index is 9.82. The Labute approximate surface area is 107 Å². The third kappa shape index (κ3) is 2.59. The standard InChI is InChI=1S/C14H18N2O2/c1-4-5-12(17)13-15-14(18-16-13)11-8-9(2)6-7-10(11)3/h6-8,12,17H,4-5H2,1-3H3. The van der Waals surface area contributed by atoms with Crippen LogP contribution in [0.5, 0.6) is 0 Å². The van der Waals surface area contributed by atoms with E-state index >= 15 is 0 Å². The largest absolute Gasteiger partial charge is 0.385 e. The van der Waals surface area contributed by atoms with Crippen molar-refractivity contribution < 1.29 is 9.63 Å². The number of rotatable bonds is 4. The molecule has 1 aromatic heterocycles. The van der Waals surface area contributed by atoms with Crippen LogP contribution in [0.4, 0.5) is 0 Å². The molecule has 0 saturated carbocycles. The quantitative estimate of drug-likeness (QED) is 0.900. The van der Waals surface area contributed by atoms with E-state index in [1.165, 1.54) is 0 Å². The molecule has 1 atom stereocenters. The van der Waals surface area contributed by atoms with Gasteiger partial charge >= 0.3 is 0 Å². The Morgan fingerprint density at radius 3 is 2.83 bits per heavy atom. The average Bonchev–Trinajstić information content (AvgIpc) is 2.82. The smallest absolute Gasteiger partial charge is 0.258 e. The molecule has 96 valence electrons. The molecule has 0 spiro atoms. The Morgan fingerprint density at radius 1 is 1.33 bits per heavy atom. The Morgan fingerprint density at radius 2 is 2.11 bits per heavy atom. The lowest BCUT2D eigenvalue weighted by atomic mass is 10.1. The van der Waals surface area contributed by atoms with Crippen molar-refractivity contribution in [3.8, 4) is 11.5 Å². The molecule has 0 radical (unpaired) electrons. The molecule has 2 aromatic rings. The molecule has 2 rings (SSSR count). The summed E-state index contributed by atoms with van der Waals surface area (Å²) < 4.78 is 5.23. The van der Waals surface area contributed by atoms with Gasteiger partial charge in [0, 0.05) is 5.56 Å². The second kappa shape index (κ2) is 5.31. The molecule has 1 heterocycles. The molecule has 0 fully saturated rings. The second-order valence-corrected chi connectivity index (χ2v) is 4.58. The number of hydrogen-bond acceptors (Lipinski definition) is 4. The van der Waals surface area contributed by atoms with Crippen LogP contribution in [-0.4, -0.2) is 15.2 Å². The first-order valence-corrected chi connectivity index (χ1v) is 6.21. The Kier molecular flexibility index (Phi) is 3.77. The topological polar surface area (TPSA) is 59.2 Å². The van der Waals surface area contributed by atoms with Gasteiger partial charge in [0.2, 0.25) is 5.82 Å². The van der Waals surface area contributed by atoms with Crippen molar-refractivity contribution in [2.24, 2.45) is 0 Å². The van der Waals surface area contributed by atoms with Crippen molar-refractivity contribution in [1.82, 2.24) is 10.1 Å². The normalized spacial score (nSPS) is 12.7. The summed E-state index contributed by atoms with van der Waals surface area (Å²) in [7, 11) is 0. The molecule has 18 heavy (non-hydrogen) atoms. The van der Waals surface area contributed by atoms with Crippen LogP contribution in [0.25, 0.3) is 11.5 Å². The predicted octanol–water partition coefficient (Wildman–Crippen LogP) is 3.19. The minimum atomic E-state index is -0.641. The van der Waals surface area contributed by atoms with E-state index in [4.69, 9.17) is 4.52 Å². The first-order chi connectivity index (χ1) is 8.61. The van der Waals surface area contributed by atoms with E-state index in [-0.39, 0.29) is 0 Å². The molecule has 4 nitrogen and oxygen atoms in total. The van der Waals surface area contributed by atoms with E-state index in [0.717, 1.165) is 23.1 Å². The molecular weight excluding hydrogens is 228 g/mol. The van der Waals surface area contributed by atoms with Gasteiger partial charge in [-0.2, -0.15) is 4.98 Å². The summed E-state index contributed by atoms with van der Waals surface area (Å²) in [5, 5.41) is 13.7. The van der Waals surface area contributed by atoms with Gasteiger partial charge in [-0.05, 0) is 31.9 Å². The highest BCUT2D eigenvalue weighted by Gasteiger charge is 2.16. The molecule has 1 N–H and O–H groups in total. The summed E-state index contributed by atoms with van der Waals surface area (Å²) in [6, 6.07) is 6.08. The average molecular weight is 246 g/mol. The van der Waals surface area contributed by atoms with Crippen molar-refractivity contribution in [3.05, 3.63) is 35.2 Å². The minimum Gasteiger partial charge on any atom is -0.385 e. The molecule has 0 saturated heterocycles. The third-order valence-corrected chi connectivity index (χ3v) is 2.93. The van der Waals surface area contributed by atoms with Crippen LogP contribution < -0.4 is 0 Å². The zero-order valence-electron chi connectivity index (χ0n) is 11.0. The van der Waals surface area contributed by atoms with E-state index in [1.807, 2.05) is 39.0 Å². The highest BCUT2D eigenvalue weighted by Crippen LogP contribution is 2.25. The number of nitrogens with zero attached hydrogens (tertiary/aromatic N) is 2. The summed E-state index contributed by atoms with van der Waals surface area (Å²) in [5.74, 6) is 0.842. The Bertz CT molecular complexity index is 534. The summed E-state index contributed by atoms with van der Waals surface area (Å²) >= 11 is 0. The van der Waals surface area contributed by atoms with Crippen LogP contribution in [0.15, 0.2) is 22.7 Å². The predicted molar refractivity (Wildman–Crippen MR) is 69.1 cm³/mol. The number of hydrogen-bond donors (Lipinski definition) is 1. The van der Waals surface area contributed by atoms with Crippen LogP contribution in [0.1, 0.15) is 42.8 Å². The monoisotopic (exact) mass is 246 g/mol. The third-order valence-electron chi connectivity index (χ3n) is 2.93. The van der Waals surface area contributed by atoms with Gasteiger partial charge in [0.1, 0.15) is 6.10 Å². The van der Waals surface area contributed by atoms with Gasteiger partial charge in [-0.1, -0.05) is 36.2 Å². The van der Waals surface area contributed by atoms with Gasteiger partial charge in [-0.15, -0.1) is 0 Å². The Balaban J connectivity index is 2.32. The van der Waals surface area contributed by atoms with Crippen molar-refractivity contribution >= 4 is 0 Å². The number of aliphatic hydroxyl groups is 1. The molecule has 4 heteroatoms. The Hall–Kier alpha value is -1.68. The fraction of sp³-hybridized carbons (Fsp3) is 0.429. The van der Waals surface area contributed by atoms with Crippen LogP contribution in [0.2, 0.25) is 0 Å². The molecular formula is C14H18N2O2. The van der Waals surface area contributed by atoms with Crippen LogP contribution >= 0.6 is 0 Å². The molecule has 1 aromatic carbocycles. The zero-order chi connectivity index (χ0) is 13.1. The van der Waals surface area contributed by atoms with E-state index < -0.39 is 6.10 Å². The summed E-state index contributed by atoms with van der Waals surface area (Å²) in [6.45, 7) is 6.03. The van der Waals surface area contributed by atoms with Gasteiger partial charge in [0.05, 0.1) is 0 Å². The van der Waals surface area contributed by atoms with Gasteiger partial charge in [-0.3, -0.25) is 0 Å². The van der Waals surface area contributed by atoms with Crippen molar-refractivity contribution in [3.63, 3.8) is 0 Å². The number of aromatic nitrogens is 2. The van der Waals surface area contributed by atoms with Crippen molar-refractivity contribution in [1.29, 1.82) is 0 Å². The molecule has 0 bridgehead atoms. The summed E-state index contributed by atoms with van der Waals surface area (Å²) in [4.78, 5) is 4.27. The lowest BCUT2D eigenvalue weighted by Crippen LogP contribution is -1.98. The first kappa shape index (κ1) is 12.8. The highest BCUT2D eigenvalue weighted by molar-refractivity contribution is 5.59. The van der Waals surface area contributed by atoms with Crippen LogP contribution in [0.3, 0.4) is 0 Å². The maximum Gasteiger partial charge on any atom is 0.258 e. The van der Waals surface area contributed by atoms with Crippen molar-refractivity contribution in [2.75, 3.05) is 0 Å². The lowest BCUT2D eigenvalue weighted by Gasteiger charge is -2.02. The van der Waals surface area contributed by atoms with Crippen LogP contribution in [-0.2, 0) is 0 Å². The first-order valence-electron chi connectivity index (χ1n) is 6.21. The van der Waals surface area contributed by atoms with E-state index in [2.05, 4.69) is 10.1 Å². The fourth-order valence-electron chi connectivity index (χ4n) is 1.85. The fourth-order valence-corrected chi connectivity index (χ4v) is 1.85. The van der Waals surface area contributed by atoms with Gasteiger partial charge in [-0.25, -0.2) is 0 Å². The summed E-state index contributed by atoms with van der Waals surface area (Å²) in [6.07, 6.45) is 0.887. The van der Waals surface area contributed by atoms with Gasteiger partial charge < -0.3 is 9.63 Å². The van der Waals surface area contributed by atoms with E-state index in [1.54, 1.807) is 0 Å². The van der Waals surface area contributed by atoms with Gasteiger partial charge in [0.15, 0.2) is 0 Å². The zero-order valence-corrected chi connectivity index (χ0v) is 11.0. The molecule has 0 amide bonds. The SMILES string of the molecule is CCCC(O)c1noc(-c2cc(C)ccc2C)n1. The number of benzene rings is 1. The minimum absolute atomic E-state index is 0.368. The number of aliphatic hydroxyl groups excluding tert-OH is 1. The van der Waals surface area contributed by atoms with E-state index in [0.29, 0.717) is 18.1 Å². The molecule has 0 aliphatic carbocycles. The van der Waals surface area contributed by atoms with Crippen LogP contribution in [0, 0.1) is 13.8 Å². The van der Waals surface area contributed by atoms with Crippen molar-refractivity contribution in [2.45, 2.75) is 39.7 Å². The molecule has 0 aliphatic heterocycles. The highest BCUT2D eigenvalue weighted by atomic mass is 16.5. The maximum absolute atomic E-state index is 9.82. The summed E-state index contributed by atoms with van der Waals surface area (Å²) in [5.41, 5.74) is 3.16. The number of aryl methyl sites for hydroxylation is 2. The second-order valence-electron chi connectivity index (χ2n) is 4.58. The molecule has 1 unspecified atom stereocenters. The molecule has 0 aliphatic rings. The van der Waals surface area contributed by atoms with Gasteiger partial charge in [0.25, 0.3) is 5.89 Å².